The molecular formula is C25H24F3N5O3S. The first-order chi connectivity index (χ1) is 17.5. The third-order valence-corrected chi connectivity index (χ3v) is 7.34. The summed E-state index contributed by atoms with van der Waals surface area (Å²) >= 11 is 0. The van der Waals surface area contributed by atoms with Gasteiger partial charge in [-0.1, -0.05) is 18.2 Å². The molecule has 8 nitrogen and oxygen atoms in total. The molecular weight excluding hydrogens is 507 g/mol. The molecule has 0 saturated heterocycles. The number of alkyl halides is 3. The van der Waals surface area contributed by atoms with Gasteiger partial charge in [-0.15, -0.1) is 0 Å². The Balaban J connectivity index is 1.68. The highest BCUT2D eigenvalue weighted by Crippen LogP contribution is 2.34. The van der Waals surface area contributed by atoms with Crippen molar-refractivity contribution in [3.8, 4) is 17.0 Å². The van der Waals surface area contributed by atoms with Crippen molar-refractivity contribution in [3.63, 3.8) is 0 Å². The van der Waals surface area contributed by atoms with E-state index in [1.165, 1.54) is 42.1 Å². The van der Waals surface area contributed by atoms with Crippen LogP contribution >= 0.6 is 0 Å². The van der Waals surface area contributed by atoms with Crippen molar-refractivity contribution in [2.75, 3.05) is 19.5 Å². The molecule has 0 aliphatic heterocycles. The molecule has 0 amide bonds. The van der Waals surface area contributed by atoms with E-state index in [4.69, 9.17) is 4.74 Å². The Kier molecular flexibility index (Phi) is 7.23. The molecule has 0 saturated carbocycles. The Bertz CT molecular complexity index is 1500. The van der Waals surface area contributed by atoms with E-state index in [1.54, 1.807) is 49.2 Å². The maximum Gasteiger partial charge on any atom is 0.416 e. The first kappa shape index (κ1) is 26.2. The maximum atomic E-state index is 13.4. The van der Waals surface area contributed by atoms with Crippen LogP contribution in [-0.4, -0.2) is 41.4 Å². The standard InChI is InChI=1S/C25H24F3N5O3S/c1-32-15-23(30-16-32)22-12-21(37(34,35)33(2)14-17-7-9-20(36-3)10-8-17)13-29-24(22)31-19-6-4-5-18(11-19)25(26,27)28/h4-13,15-16H,14H2,1-3H3,(H,29,31). The number of nitrogens with one attached hydrogen (secondary N) is 1. The largest absolute Gasteiger partial charge is 0.497 e. The predicted octanol–water partition coefficient (Wildman–Crippen LogP) is 5.07. The number of nitrogens with zero attached hydrogens (tertiary/aromatic N) is 4. The summed E-state index contributed by atoms with van der Waals surface area (Å²) in [6.07, 6.45) is -0.157. The SMILES string of the molecule is COc1ccc(CN(C)S(=O)(=O)c2cnc(Nc3cccc(C(F)(F)F)c3)c(-c3cn(C)cn3)c2)cc1. The molecule has 0 aliphatic rings. The minimum absolute atomic E-state index is 0.0845. The summed E-state index contributed by atoms with van der Waals surface area (Å²) in [7, 11) is 0.777. The summed E-state index contributed by atoms with van der Waals surface area (Å²) in [6.45, 7) is 0.107. The van der Waals surface area contributed by atoms with Crippen LogP contribution in [0.3, 0.4) is 0 Å². The Labute approximate surface area is 212 Å². The minimum atomic E-state index is -4.51. The molecule has 0 bridgehead atoms. The van der Waals surface area contributed by atoms with Crippen LogP contribution in [0.1, 0.15) is 11.1 Å². The van der Waals surface area contributed by atoms with Gasteiger partial charge in [-0.2, -0.15) is 17.5 Å². The fourth-order valence-corrected chi connectivity index (χ4v) is 4.73. The van der Waals surface area contributed by atoms with E-state index in [1.807, 2.05) is 0 Å². The van der Waals surface area contributed by atoms with Crippen molar-refractivity contribution in [1.82, 2.24) is 18.8 Å². The Morgan fingerprint density at radius 3 is 2.43 bits per heavy atom. The molecule has 0 atom stereocenters. The average Bonchev–Trinajstić information content (AvgIpc) is 3.30. The van der Waals surface area contributed by atoms with Gasteiger partial charge in [-0.25, -0.2) is 18.4 Å². The number of aromatic nitrogens is 3. The second kappa shape index (κ2) is 10.2. The third-order valence-electron chi connectivity index (χ3n) is 5.57. The van der Waals surface area contributed by atoms with Crippen LogP contribution in [-0.2, 0) is 29.8 Å². The van der Waals surface area contributed by atoms with Gasteiger partial charge in [-0.05, 0) is 42.0 Å². The van der Waals surface area contributed by atoms with Crippen LogP contribution in [0.25, 0.3) is 11.3 Å². The second-order valence-corrected chi connectivity index (χ2v) is 10.3. The number of methoxy groups -OCH3 is 1. The summed E-state index contributed by atoms with van der Waals surface area (Å²) in [5.74, 6) is 0.817. The molecule has 12 heteroatoms. The minimum Gasteiger partial charge on any atom is -0.497 e. The smallest absolute Gasteiger partial charge is 0.416 e. The fraction of sp³-hybridized carbons (Fsp3) is 0.200. The molecule has 2 heterocycles. The zero-order valence-corrected chi connectivity index (χ0v) is 21.0. The maximum absolute atomic E-state index is 13.4. The van der Waals surface area contributed by atoms with Gasteiger partial charge < -0.3 is 14.6 Å². The van der Waals surface area contributed by atoms with Crippen molar-refractivity contribution < 1.29 is 26.3 Å². The molecule has 0 aliphatic carbocycles. The summed E-state index contributed by atoms with van der Waals surface area (Å²) in [5, 5.41) is 2.87. The van der Waals surface area contributed by atoms with Gasteiger partial charge in [0.2, 0.25) is 10.0 Å². The van der Waals surface area contributed by atoms with Gasteiger partial charge >= 0.3 is 6.18 Å². The number of aryl methyl sites for hydroxylation is 1. The van der Waals surface area contributed by atoms with Crippen LogP contribution in [0, 0.1) is 0 Å². The molecule has 4 aromatic rings. The Morgan fingerprint density at radius 1 is 1.08 bits per heavy atom. The number of rotatable bonds is 8. The molecule has 194 valence electrons. The quantitative estimate of drug-likeness (QED) is 0.341. The van der Waals surface area contributed by atoms with E-state index < -0.39 is 21.8 Å². The highest BCUT2D eigenvalue weighted by Gasteiger charge is 2.30. The van der Waals surface area contributed by atoms with E-state index in [0.29, 0.717) is 17.0 Å². The number of anilines is 2. The number of halogens is 3. The van der Waals surface area contributed by atoms with Gasteiger partial charge in [-0.3, -0.25) is 0 Å². The second-order valence-electron chi connectivity index (χ2n) is 8.30. The van der Waals surface area contributed by atoms with Gasteiger partial charge in [0.05, 0.1) is 24.7 Å². The van der Waals surface area contributed by atoms with Crippen molar-refractivity contribution in [3.05, 3.63) is 84.4 Å². The van der Waals surface area contributed by atoms with Crippen LogP contribution < -0.4 is 10.1 Å². The molecule has 37 heavy (non-hydrogen) atoms. The van der Waals surface area contributed by atoms with Crippen LogP contribution in [0.4, 0.5) is 24.7 Å². The Morgan fingerprint density at radius 2 is 1.81 bits per heavy atom. The van der Waals surface area contributed by atoms with E-state index in [-0.39, 0.29) is 22.9 Å². The van der Waals surface area contributed by atoms with Gasteiger partial charge in [0.15, 0.2) is 0 Å². The monoisotopic (exact) mass is 531 g/mol. The number of hydrogen-bond donors (Lipinski definition) is 1. The summed E-state index contributed by atoms with van der Waals surface area (Å²) in [5.41, 5.74) is 0.798. The summed E-state index contributed by atoms with van der Waals surface area (Å²) in [6, 6.07) is 13.1. The normalized spacial score (nSPS) is 12.1. The molecule has 0 radical (unpaired) electrons. The lowest BCUT2D eigenvalue weighted by Crippen LogP contribution is -2.26. The first-order valence-corrected chi connectivity index (χ1v) is 12.4. The molecule has 2 aromatic heterocycles. The number of sulfonamides is 1. The fourth-order valence-electron chi connectivity index (χ4n) is 3.60. The molecule has 0 spiro atoms. The number of benzene rings is 2. The average molecular weight is 532 g/mol. The lowest BCUT2D eigenvalue weighted by molar-refractivity contribution is -0.137. The van der Waals surface area contributed by atoms with Crippen LogP contribution in [0.5, 0.6) is 5.75 Å². The number of hydrogen-bond acceptors (Lipinski definition) is 6. The van der Waals surface area contributed by atoms with Gasteiger partial charge in [0, 0.05) is 44.3 Å². The lowest BCUT2D eigenvalue weighted by Gasteiger charge is -2.19. The van der Waals surface area contributed by atoms with Crippen LogP contribution in [0.2, 0.25) is 0 Å². The number of ether oxygens (including phenoxy) is 1. The van der Waals surface area contributed by atoms with Gasteiger partial charge in [0.25, 0.3) is 0 Å². The van der Waals surface area contributed by atoms with Crippen molar-refractivity contribution in [2.45, 2.75) is 17.6 Å². The number of pyridine rings is 1. The highest BCUT2D eigenvalue weighted by molar-refractivity contribution is 7.89. The summed E-state index contributed by atoms with van der Waals surface area (Å²) in [4.78, 5) is 8.46. The molecule has 4 rings (SSSR count). The Hall–Kier alpha value is -3.90. The zero-order chi connectivity index (χ0) is 26.8. The highest BCUT2D eigenvalue weighted by atomic mass is 32.2. The predicted molar refractivity (Wildman–Crippen MR) is 133 cm³/mol. The first-order valence-electron chi connectivity index (χ1n) is 11.0. The van der Waals surface area contributed by atoms with Crippen molar-refractivity contribution in [1.29, 1.82) is 0 Å². The number of imidazole rings is 1. The topological polar surface area (TPSA) is 89.4 Å². The van der Waals surface area contributed by atoms with E-state index >= 15 is 0 Å². The lowest BCUT2D eigenvalue weighted by atomic mass is 10.1. The molecule has 1 N–H and O–H groups in total. The molecule has 0 fully saturated rings. The van der Waals surface area contributed by atoms with Crippen LogP contribution in [0.15, 0.2) is 78.2 Å². The third kappa shape index (κ3) is 5.92. The summed E-state index contributed by atoms with van der Waals surface area (Å²) < 4.78 is 74.2. The van der Waals surface area contributed by atoms with E-state index in [2.05, 4.69) is 15.3 Å². The zero-order valence-electron chi connectivity index (χ0n) is 20.2. The molecule has 2 aromatic carbocycles. The molecule has 0 unspecified atom stereocenters. The van der Waals surface area contributed by atoms with Gasteiger partial charge in [0.1, 0.15) is 16.5 Å². The van der Waals surface area contributed by atoms with Crippen molar-refractivity contribution >= 4 is 21.5 Å². The van der Waals surface area contributed by atoms with E-state index in [0.717, 1.165) is 17.7 Å². The van der Waals surface area contributed by atoms with E-state index in [9.17, 15) is 21.6 Å². The van der Waals surface area contributed by atoms with Crippen molar-refractivity contribution in [2.24, 2.45) is 7.05 Å².